The zero-order chi connectivity index (χ0) is 75.7. The molecule has 101 heavy (non-hydrogen) atoms. The van der Waals surface area contributed by atoms with Crippen LogP contribution in [-0.2, 0) is 53.8 Å². The molecule has 0 fully saturated rings. The fourth-order valence-corrected chi connectivity index (χ4v) is 13.0. The molecule has 0 radical (unpaired) electrons. The van der Waals surface area contributed by atoms with Crippen LogP contribution in [0.3, 0.4) is 0 Å². The molecule has 2 unspecified atom stereocenters. The maximum Gasteiger partial charge on any atom is 0.212 e. The summed E-state index contributed by atoms with van der Waals surface area (Å²) in [4.78, 5) is 9.32. The van der Waals surface area contributed by atoms with Crippen molar-refractivity contribution in [2.45, 2.75) is 121 Å². The molecule has 0 saturated heterocycles. The number of para-hydroxylation sites is 5. The van der Waals surface area contributed by atoms with Gasteiger partial charge < -0.3 is 19.6 Å². The minimum absolute atomic E-state index is 0.295. The minimum atomic E-state index is -1.31. The molecule has 516 valence electrons. The van der Waals surface area contributed by atoms with E-state index in [-0.39, 0.29) is 0 Å². The van der Waals surface area contributed by atoms with Gasteiger partial charge in [-0.15, -0.1) is 0 Å². The molecule has 0 spiro atoms. The maximum absolute atomic E-state index is 7.81. The van der Waals surface area contributed by atoms with Crippen LogP contribution in [0.25, 0.3) is 45.0 Å². The van der Waals surface area contributed by atoms with Gasteiger partial charge in [0.1, 0.15) is 40.5 Å². The molecule has 8 aromatic carbocycles. The predicted molar refractivity (Wildman–Crippen MR) is 427 cm³/mol. The number of fused-ring (bicyclic) bond motifs is 1. The van der Waals surface area contributed by atoms with Gasteiger partial charge in [-0.1, -0.05) is 167 Å². The Labute approximate surface area is 611 Å². The standard InChI is InChI=1S/C17H18N2.C16H18N2.4C15H18N/c1-14-8-6-7-11-17(14)19-13-12-18(15(19)2)16-9-4-3-5-10-16;1-12-8-4-5-9-14(12)18-13(2)17(3)15-10-6-7-11-16(15)18;2*1-4-13-9-10-16(3)15(11-13)14-8-6-5-7-12(14)2;2*1-4-13-9-10-15(16(3)11-13)14-8-6-5-7-12(14)2/h3-13,15H,1-2H3;4-11,13H,1-3H3;4*5-11H,4H2,1-3H3/q;;4*+1/i;;4D2;;4D2;. The van der Waals surface area contributed by atoms with Crippen molar-refractivity contribution in [2.75, 3.05) is 26.6 Å². The average Bonchev–Trinajstić information content (AvgIpc) is 1.61. The third-order valence-electron chi connectivity index (χ3n) is 19.2. The highest BCUT2D eigenvalue weighted by molar-refractivity contribution is 5.84. The van der Waals surface area contributed by atoms with Crippen LogP contribution in [0, 0.1) is 41.5 Å². The third kappa shape index (κ3) is 18.6. The molecular formula is C93H108N8+4. The topological polar surface area (TPSA) is 28.5 Å². The number of aryl methyl sites for hydroxylation is 14. The van der Waals surface area contributed by atoms with Crippen molar-refractivity contribution in [3.8, 4) is 45.0 Å². The number of nitrogens with zero attached hydrogens (tertiary/aromatic N) is 8. The molecule has 0 bridgehead atoms. The fraction of sp³-hybridized carbons (Fsp3) is 0.247. The van der Waals surface area contributed by atoms with E-state index in [9.17, 15) is 0 Å². The molecule has 12 aromatic rings. The van der Waals surface area contributed by atoms with Crippen molar-refractivity contribution in [1.82, 2.24) is 0 Å². The summed E-state index contributed by atoms with van der Waals surface area (Å²) in [6.45, 7) is 24.8. The van der Waals surface area contributed by atoms with E-state index in [1.165, 1.54) is 101 Å². The molecule has 14 rings (SSSR count). The molecule has 2 aliphatic heterocycles. The van der Waals surface area contributed by atoms with E-state index in [1.54, 1.807) is 13.8 Å². The number of pyridine rings is 4. The largest absolute Gasteiger partial charge is 0.353 e. The SMILES string of the molecule is CCc1cc[n+](C)c(-c2ccccc2C)c1.CCc1ccc(-c2ccccc2C)[n+](C)c1.Cc1ccccc1N1C=CN(c2ccccc2)C1C.Cc1ccccc1N1c2ccccc2N(C)C1C.[2H]C([2H])(C)c1cc[n+](C)c(-c2ccccc2C)c1.[2H]C([2H])(C)c1ccc(-c2ccccc2C)[n+](C)c1. The summed E-state index contributed by atoms with van der Waals surface area (Å²) in [5, 5.41) is 0. The lowest BCUT2D eigenvalue weighted by atomic mass is 10.0. The van der Waals surface area contributed by atoms with Crippen molar-refractivity contribution >= 4 is 28.4 Å². The van der Waals surface area contributed by atoms with Crippen molar-refractivity contribution in [3.05, 3.63) is 342 Å². The van der Waals surface area contributed by atoms with Crippen molar-refractivity contribution < 1.29 is 23.8 Å². The first kappa shape index (κ1) is 68.8. The normalized spacial score (nSPS) is 14.1. The Hall–Kier alpha value is -10.7. The molecular weight excluding hydrogens is 1230 g/mol. The minimum Gasteiger partial charge on any atom is -0.353 e. The molecule has 8 heteroatoms. The number of hydrogen-bond acceptors (Lipinski definition) is 4. The molecule has 2 aliphatic rings. The summed E-state index contributed by atoms with van der Waals surface area (Å²) in [7, 11) is 10.3. The number of anilines is 5. The second-order valence-corrected chi connectivity index (χ2v) is 26.1. The summed E-state index contributed by atoms with van der Waals surface area (Å²) < 4.78 is 39.5. The van der Waals surface area contributed by atoms with Crippen LogP contribution in [-0.4, -0.2) is 19.4 Å². The Bertz CT molecular complexity index is 4900. The highest BCUT2D eigenvalue weighted by Gasteiger charge is 2.32. The maximum atomic E-state index is 7.81. The lowest BCUT2D eigenvalue weighted by Crippen LogP contribution is -2.36. The molecule has 4 aromatic heterocycles. The number of rotatable bonds is 11. The van der Waals surface area contributed by atoms with Crippen LogP contribution in [0.15, 0.2) is 286 Å². The van der Waals surface area contributed by atoms with Crippen LogP contribution < -0.4 is 37.9 Å². The first-order chi connectivity index (χ1) is 50.2. The van der Waals surface area contributed by atoms with Crippen molar-refractivity contribution in [3.63, 3.8) is 0 Å². The molecule has 8 nitrogen and oxygen atoms in total. The van der Waals surface area contributed by atoms with Gasteiger partial charge in [0.25, 0.3) is 0 Å². The predicted octanol–water partition coefficient (Wildman–Crippen LogP) is 20.3. The quantitative estimate of drug-likeness (QED) is 0.121. The average molecular weight is 1340 g/mol. The van der Waals surface area contributed by atoms with Gasteiger partial charge in [0.2, 0.25) is 22.8 Å². The van der Waals surface area contributed by atoms with Crippen LogP contribution in [0.5, 0.6) is 0 Å². The summed E-state index contributed by atoms with van der Waals surface area (Å²) >= 11 is 0. The van der Waals surface area contributed by atoms with Gasteiger partial charge in [-0.05, 0) is 198 Å². The number of aromatic nitrogens is 4. The zero-order valence-electron chi connectivity index (χ0n) is 66.8. The van der Waals surface area contributed by atoms with E-state index in [0.29, 0.717) is 23.5 Å². The summed E-state index contributed by atoms with van der Waals surface area (Å²) in [6, 6.07) is 86.1. The second kappa shape index (κ2) is 35.9. The molecule has 0 aliphatic carbocycles. The lowest BCUT2D eigenvalue weighted by Gasteiger charge is -2.30. The Kier molecular flexibility index (Phi) is 24.4. The number of benzene rings is 8. The Balaban J connectivity index is 0.000000146. The van der Waals surface area contributed by atoms with Gasteiger partial charge in [-0.2, -0.15) is 0 Å². The third-order valence-corrected chi connectivity index (χ3v) is 19.2. The fourth-order valence-electron chi connectivity index (χ4n) is 13.0. The van der Waals surface area contributed by atoms with Crippen LogP contribution >= 0.6 is 0 Å². The molecule has 0 amide bonds. The van der Waals surface area contributed by atoms with Crippen LogP contribution in [0.2, 0.25) is 0 Å². The highest BCUT2D eigenvalue weighted by Crippen LogP contribution is 2.44. The van der Waals surface area contributed by atoms with E-state index < -0.39 is 12.7 Å². The molecule has 6 heterocycles. The molecule has 0 saturated carbocycles. The van der Waals surface area contributed by atoms with E-state index in [2.05, 4.69) is 338 Å². The van der Waals surface area contributed by atoms with E-state index in [1.807, 2.05) is 90.2 Å². The lowest BCUT2D eigenvalue weighted by molar-refractivity contribution is -0.660. The smallest absolute Gasteiger partial charge is 0.212 e. The van der Waals surface area contributed by atoms with Crippen molar-refractivity contribution in [1.29, 1.82) is 0 Å². The van der Waals surface area contributed by atoms with Gasteiger partial charge in [-0.3, -0.25) is 0 Å². The highest BCUT2D eigenvalue weighted by atomic mass is 15.4. The second-order valence-electron chi connectivity index (χ2n) is 26.1. The zero-order valence-corrected chi connectivity index (χ0v) is 62.8. The van der Waals surface area contributed by atoms with Crippen LogP contribution in [0.1, 0.15) is 103 Å². The van der Waals surface area contributed by atoms with Gasteiger partial charge >= 0.3 is 0 Å². The van der Waals surface area contributed by atoms with Gasteiger partial charge in [-0.25, -0.2) is 18.3 Å². The molecule has 2 atom stereocenters. The van der Waals surface area contributed by atoms with E-state index in [0.717, 1.165) is 29.8 Å². The number of hydrogen-bond donors (Lipinski definition) is 0. The van der Waals surface area contributed by atoms with Gasteiger partial charge in [0.05, 0.1) is 11.4 Å². The Morgan fingerprint density at radius 1 is 0.327 bits per heavy atom. The van der Waals surface area contributed by atoms with Crippen molar-refractivity contribution in [2.24, 2.45) is 28.2 Å². The van der Waals surface area contributed by atoms with E-state index in [4.69, 9.17) is 5.48 Å². The summed E-state index contributed by atoms with van der Waals surface area (Å²) in [5.74, 6) is 0. The molecule has 0 N–H and O–H groups in total. The first-order valence-corrected chi connectivity index (χ1v) is 35.4. The summed E-state index contributed by atoms with van der Waals surface area (Å²) in [6.07, 6.45) is 12.6. The Morgan fingerprint density at radius 3 is 1.14 bits per heavy atom. The Morgan fingerprint density at radius 2 is 0.693 bits per heavy atom. The monoisotopic (exact) mass is 1340 g/mol. The first-order valence-electron chi connectivity index (χ1n) is 37.4. The summed E-state index contributed by atoms with van der Waals surface area (Å²) in [5.41, 5.74) is 27.9. The van der Waals surface area contributed by atoms with Crippen LogP contribution in [0.4, 0.5) is 28.4 Å². The van der Waals surface area contributed by atoms with E-state index >= 15 is 0 Å². The van der Waals surface area contributed by atoms with Gasteiger partial charge in [0, 0.05) is 112 Å². The van der Waals surface area contributed by atoms with Gasteiger partial charge in [0.15, 0.2) is 24.8 Å².